The molecule has 0 aromatic carbocycles. The van der Waals surface area contributed by atoms with Gasteiger partial charge in [-0.2, -0.15) is 0 Å². The number of nitrogens with zero attached hydrogens (tertiary/aromatic N) is 1. The van der Waals surface area contributed by atoms with E-state index in [0.717, 1.165) is 51.4 Å². The fraction of sp³-hybridized carbons (Fsp3) is 0.947. The van der Waals surface area contributed by atoms with E-state index in [0.29, 0.717) is 29.2 Å². The number of carbonyl (C=O) groups is 1. The Labute approximate surface area is 155 Å². The molecular weight excluding hydrogens is 337 g/mol. The molecule has 1 saturated heterocycles. The minimum Gasteiger partial charge on any atom is -0.332 e. The standard InChI is InChI=1S/C19H32FN3OS/c1-23(2)14-6-3-12(10-14)18(24)22-19-21-16-8-4-11-9-13(20)5-7-15(11)17(16)25-19/h11-17,19,21H,3-10H2,1-2H3,(H,22,24)/t11?,12-,13?,14+,15?,16?,17?,19?/m0/s1. The molecule has 0 aromatic heterocycles. The van der Waals surface area contributed by atoms with Crippen molar-refractivity contribution in [3.05, 3.63) is 0 Å². The zero-order chi connectivity index (χ0) is 17.6. The van der Waals surface area contributed by atoms with Crippen LogP contribution in [0.5, 0.6) is 0 Å². The normalized spacial score (nSPS) is 46.7. The van der Waals surface area contributed by atoms with Crippen molar-refractivity contribution in [2.45, 2.75) is 80.4 Å². The minimum atomic E-state index is -0.584. The van der Waals surface area contributed by atoms with Gasteiger partial charge in [0.15, 0.2) is 0 Å². The summed E-state index contributed by atoms with van der Waals surface area (Å²) in [7, 11) is 4.21. The molecule has 1 amide bonds. The quantitative estimate of drug-likeness (QED) is 0.803. The third-order valence-electron chi connectivity index (χ3n) is 7.08. The third kappa shape index (κ3) is 3.72. The van der Waals surface area contributed by atoms with Crippen molar-refractivity contribution in [1.82, 2.24) is 15.5 Å². The van der Waals surface area contributed by atoms with E-state index in [4.69, 9.17) is 0 Å². The number of alkyl halides is 1. The van der Waals surface area contributed by atoms with Gasteiger partial charge in [-0.1, -0.05) is 0 Å². The first kappa shape index (κ1) is 18.1. The topological polar surface area (TPSA) is 44.4 Å². The smallest absolute Gasteiger partial charge is 0.225 e. The van der Waals surface area contributed by atoms with Crippen LogP contribution in [0.4, 0.5) is 4.39 Å². The molecule has 4 nitrogen and oxygen atoms in total. The lowest BCUT2D eigenvalue weighted by atomic mass is 9.68. The highest BCUT2D eigenvalue weighted by Crippen LogP contribution is 2.49. The molecule has 0 aromatic rings. The van der Waals surface area contributed by atoms with Gasteiger partial charge in [0.1, 0.15) is 11.7 Å². The van der Waals surface area contributed by atoms with Crippen LogP contribution in [-0.4, -0.2) is 53.9 Å². The largest absolute Gasteiger partial charge is 0.332 e. The molecule has 0 spiro atoms. The highest BCUT2D eigenvalue weighted by atomic mass is 32.2. The van der Waals surface area contributed by atoms with Crippen molar-refractivity contribution in [1.29, 1.82) is 0 Å². The molecule has 3 aliphatic carbocycles. The van der Waals surface area contributed by atoms with Crippen molar-refractivity contribution in [3.8, 4) is 0 Å². The van der Waals surface area contributed by atoms with Crippen molar-refractivity contribution in [2.75, 3.05) is 14.1 Å². The van der Waals surface area contributed by atoms with E-state index in [-0.39, 0.29) is 17.3 Å². The number of rotatable bonds is 3. The fourth-order valence-electron chi connectivity index (χ4n) is 5.60. The Kier molecular flexibility index (Phi) is 5.31. The lowest BCUT2D eigenvalue weighted by molar-refractivity contribution is -0.125. The Morgan fingerprint density at radius 3 is 2.72 bits per heavy atom. The molecule has 142 valence electrons. The van der Waals surface area contributed by atoms with Crippen LogP contribution < -0.4 is 10.6 Å². The fourth-order valence-corrected chi connectivity index (χ4v) is 7.32. The highest BCUT2D eigenvalue weighted by molar-refractivity contribution is 8.00. The van der Waals surface area contributed by atoms with E-state index in [1.807, 2.05) is 11.8 Å². The molecule has 4 aliphatic rings. The second-order valence-electron chi connectivity index (χ2n) is 8.80. The minimum absolute atomic E-state index is 0.0442. The van der Waals surface area contributed by atoms with Gasteiger partial charge < -0.3 is 10.2 Å². The number of hydrogen-bond donors (Lipinski definition) is 2. The SMILES string of the molecule is CN(C)[C@@H]1CC[C@H](C(=O)NC2NC3CCC4CC(F)CCC4C3S2)C1. The Morgan fingerprint density at radius 2 is 1.96 bits per heavy atom. The number of thioether (sulfide) groups is 1. The first-order valence-corrected chi connectivity index (χ1v) is 11.0. The number of halogens is 1. The zero-order valence-corrected chi connectivity index (χ0v) is 16.2. The van der Waals surface area contributed by atoms with Gasteiger partial charge in [-0.15, -0.1) is 11.8 Å². The summed E-state index contributed by atoms with van der Waals surface area (Å²) in [6.45, 7) is 0. The van der Waals surface area contributed by atoms with Crippen molar-refractivity contribution in [2.24, 2.45) is 17.8 Å². The maximum Gasteiger partial charge on any atom is 0.225 e. The third-order valence-corrected chi connectivity index (χ3v) is 8.60. The number of carbonyl (C=O) groups excluding carboxylic acids is 1. The molecule has 2 N–H and O–H groups in total. The Hall–Kier alpha value is -0.330. The average Bonchev–Trinajstić information content (AvgIpc) is 3.21. The maximum absolute atomic E-state index is 13.7. The number of hydrogen-bond acceptors (Lipinski definition) is 4. The van der Waals surface area contributed by atoms with E-state index in [2.05, 4.69) is 29.6 Å². The van der Waals surface area contributed by atoms with Crippen molar-refractivity contribution < 1.29 is 9.18 Å². The molecule has 25 heavy (non-hydrogen) atoms. The van der Waals surface area contributed by atoms with Gasteiger partial charge in [0.2, 0.25) is 5.91 Å². The number of fused-ring (bicyclic) bond motifs is 3. The molecule has 0 radical (unpaired) electrons. The molecule has 8 atom stereocenters. The van der Waals surface area contributed by atoms with E-state index in [1.54, 1.807) is 0 Å². The summed E-state index contributed by atoms with van der Waals surface area (Å²) >= 11 is 1.90. The zero-order valence-electron chi connectivity index (χ0n) is 15.4. The summed E-state index contributed by atoms with van der Waals surface area (Å²) in [5.74, 6) is 1.57. The van der Waals surface area contributed by atoms with Gasteiger partial charge in [-0.3, -0.25) is 10.1 Å². The van der Waals surface area contributed by atoms with E-state index < -0.39 is 6.17 Å². The van der Waals surface area contributed by atoms with Crippen LogP contribution >= 0.6 is 11.8 Å². The summed E-state index contributed by atoms with van der Waals surface area (Å²) in [6, 6.07) is 1.03. The molecule has 1 aliphatic heterocycles. The van der Waals surface area contributed by atoms with Gasteiger partial charge in [0.25, 0.3) is 0 Å². The summed E-state index contributed by atoms with van der Waals surface area (Å²) in [5, 5.41) is 7.46. The van der Waals surface area contributed by atoms with Gasteiger partial charge >= 0.3 is 0 Å². The molecule has 3 saturated carbocycles. The predicted octanol–water partition coefficient (Wildman–Crippen LogP) is 2.74. The van der Waals surface area contributed by atoms with Gasteiger partial charge in [0.05, 0.1) is 0 Å². The van der Waals surface area contributed by atoms with Crippen LogP contribution in [0.15, 0.2) is 0 Å². The van der Waals surface area contributed by atoms with E-state index in [1.165, 1.54) is 0 Å². The second-order valence-corrected chi connectivity index (χ2v) is 10.1. The predicted molar refractivity (Wildman–Crippen MR) is 100 cm³/mol. The molecule has 0 bridgehead atoms. The number of amides is 1. The van der Waals surface area contributed by atoms with Crippen molar-refractivity contribution in [3.63, 3.8) is 0 Å². The van der Waals surface area contributed by atoms with Gasteiger partial charge in [-0.05, 0) is 77.3 Å². The maximum atomic E-state index is 13.7. The first-order valence-electron chi connectivity index (χ1n) is 10.0. The van der Waals surface area contributed by atoms with E-state index >= 15 is 0 Å². The van der Waals surface area contributed by atoms with E-state index in [9.17, 15) is 9.18 Å². The summed E-state index contributed by atoms with van der Waals surface area (Å²) in [4.78, 5) is 14.9. The van der Waals surface area contributed by atoms with Gasteiger partial charge in [0, 0.05) is 23.3 Å². The van der Waals surface area contributed by atoms with Crippen LogP contribution in [-0.2, 0) is 4.79 Å². The van der Waals surface area contributed by atoms with Crippen LogP contribution in [0, 0.1) is 17.8 Å². The highest BCUT2D eigenvalue weighted by Gasteiger charge is 2.48. The lowest BCUT2D eigenvalue weighted by Crippen LogP contribution is -2.48. The molecule has 6 unspecified atom stereocenters. The number of nitrogens with one attached hydrogen (secondary N) is 2. The first-order chi connectivity index (χ1) is 12.0. The lowest BCUT2D eigenvalue weighted by Gasteiger charge is -2.42. The monoisotopic (exact) mass is 369 g/mol. The Morgan fingerprint density at radius 1 is 1.12 bits per heavy atom. The van der Waals surface area contributed by atoms with Gasteiger partial charge in [-0.25, -0.2) is 4.39 Å². The molecule has 1 heterocycles. The van der Waals surface area contributed by atoms with Crippen LogP contribution in [0.2, 0.25) is 0 Å². The molecule has 4 rings (SSSR count). The molecule has 4 fully saturated rings. The molecule has 6 heteroatoms. The van der Waals surface area contributed by atoms with Crippen LogP contribution in [0.1, 0.15) is 51.4 Å². The average molecular weight is 370 g/mol. The summed E-state index contributed by atoms with van der Waals surface area (Å²) < 4.78 is 13.7. The summed E-state index contributed by atoms with van der Waals surface area (Å²) in [6.07, 6.45) is 7.31. The Balaban J connectivity index is 1.31. The van der Waals surface area contributed by atoms with Crippen LogP contribution in [0.25, 0.3) is 0 Å². The van der Waals surface area contributed by atoms with Crippen LogP contribution in [0.3, 0.4) is 0 Å². The Bertz CT molecular complexity index is 505. The molecular formula is C19H32FN3OS. The second kappa shape index (κ2) is 7.35. The summed E-state index contributed by atoms with van der Waals surface area (Å²) in [5.41, 5.74) is 0.0442. The van der Waals surface area contributed by atoms with Crippen molar-refractivity contribution >= 4 is 17.7 Å².